The van der Waals surface area contributed by atoms with Gasteiger partial charge in [-0.1, -0.05) is 12.1 Å². The summed E-state index contributed by atoms with van der Waals surface area (Å²) >= 11 is 4.90. The summed E-state index contributed by atoms with van der Waals surface area (Å²) in [6.45, 7) is 0. The van der Waals surface area contributed by atoms with Gasteiger partial charge in [0, 0.05) is 16.6 Å². The first-order chi connectivity index (χ1) is 10.0. The third kappa shape index (κ3) is 5.17. The van der Waals surface area contributed by atoms with Crippen LogP contribution >= 0.6 is 27.3 Å². The molecule has 0 aliphatic carbocycles. The maximum atomic E-state index is 11.8. The van der Waals surface area contributed by atoms with Gasteiger partial charge in [-0.2, -0.15) is 0 Å². The quantitative estimate of drug-likeness (QED) is 0.792. The molecule has 0 radical (unpaired) electrons. The third-order valence-corrected chi connectivity index (χ3v) is 4.16. The molecule has 0 aliphatic heterocycles. The Morgan fingerprint density at radius 2 is 1.90 bits per heavy atom. The van der Waals surface area contributed by atoms with Gasteiger partial charge in [0.05, 0.1) is 10.2 Å². The second kappa shape index (κ2) is 7.19. The molecule has 0 unspecified atom stereocenters. The minimum absolute atomic E-state index is 0.0264. The van der Waals surface area contributed by atoms with E-state index in [1.54, 1.807) is 30.3 Å². The molecule has 0 spiro atoms. The Balaban J connectivity index is 1.93. The van der Waals surface area contributed by atoms with Gasteiger partial charge in [-0.05, 0) is 51.8 Å². The molecule has 0 atom stereocenters. The number of hydrogen-bond acceptors (Lipinski definition) is 3. The second-order valence-electron chi connectivity index (χ2n) is 4.23. The van der Waals surface area contributed by atoms with Crippen LogP contribution in [0.5, 0.6) is 0 Å². The Bertz CT molecular complexity index is 676. The van der Waals surface area contributed by atoms with E-state index in [2.05, 4.69) is 21.2 Å². The number of carbonyl (C=O) groups is 2. The predicted octanol–water partition coefficient (Wildman–Crippen LogP) is 3.79. The topological polar surface area (TPSA) is 66.4 Å². The van der Waals surface area contributed by atoms with E-state index in [9.17, 15) is 9.59 Å². The lowest BCUT2D eigenvalue weighted by molar-refractivity contribution is -0.136. The number of carbonyl (C=O) groups excluding carboxylic acids is 1. The summed E-state index contributed by atoms with van der Waals surface area (Å²) in [5, 5.41) is 11.4. The van der Waals surface area contributed by atoms with Crippen LogP contribution in [0.1, 0.15) is 10.4 Å². The minimum atomic E-state index is -0.878. The highest BCUT2D eigenvalue weighted by Gasteiger charge is 2.02. The van der Waals surface area contributed by atoms with Crippen LogP contribution < -0.4 is 5.32 Å². The molecule has 1 aromatic heterocycles. The molecule has 0 fully saturated rings. The smallest absolute Gasteiger partial charge is 0.307 e. The van der Waals surface area contributed by atoms with Crippen LogP contribution in [-0.4, -0.2) is 17.0 Å². The Kier molecular flexibility index (Phi) is 5.30. The average molecular weight is 366 g/mol. The van der Waals surface area contributed by atoms with Crippen molar-refractivity contribution in [3.63, 3.8) is 0 Å². The van der Waals surface area contributed by atoms with Crippen molar-refractivity contribution < 1.29 is 14.7 Å². The van der Waals surface area contributed by atoms with E-state index in [-0.39, 0.29) is 12.3 Å². The maximum Gasteiger partial charge on any atom is 0.307 e. The number of anilines is 1. The number of nitrogens with one attached hydrogen (secondary N) is 1. The zero-order valence-corrected chi connectivity index (χ0v) is 13.3. The molecular weight excluding hydrogens is 354 g/mol. The molecule has 2 rings (SSSR count). The Morgan fingerprint density at radius 3 is 2.48 bits per heavy atom. The normalized spacial score (nSPS) is 10.7. The SMILES string of the molecule is O=C(O)Cc1ccc(NC(=O)/C=C/c2ccc(Br)s2)cc1. The molecule has 6 heteroatoms. The molecule has 108 valence electrons. The van der Waals surface area contributed by atoms with E-state index in [4.69, 9.17) is 5.11 Å². The number of hydrogen-bond donors (Lipinski definition) is 2. The molecule has 0 aliphatic rings. The lowest BCUT2D eigenvalue weighted by atomic mass is 10.1. The van der Waals surface area contributed by atoms with Crippen LogP contribution in [0.15, 0.2) is 46.3 Å². The largest absolute Gasteiger partial charge is 0.481 e. The molecule has 0 saturated carbocycles. The van der Waals surface area contributed by atoms with Crippen molar-refractivity contribution in [3.05, 3.63) is 56.7 Å². The van der Waals surface area contributed by atoms with Crippen LogP contribution in [0.4, 0.5) is 5.69 Å². The van der Waals surface area contributed by atoms with Gasteiger partial charge in [0.2, 0.25) is 5.91 Å². The van der Waals surface area contributed by atoms with Crippen LogP contribution in [0.2, 0.25) is 0 Å². The lowest BCUT2D eigenvalue weighted by Gasteiger charge is -2.03. The number of rotatable bonds is 5. The van der Waals surface area contributed by atoms with E-state index in [1.165, 1.54) is 17.4 Å². The van der Waals surface area contributed by atoms with Crippen LogP contribution in [0.25, 0.3) is 6.08 Å². The zero-order valence-electron chi connectivity index (χ0n) is 10.9. The fourth-order valence-electron chi connectivity index (χ4n) is 1.64. The number of carboxylic acid groups (broad SMARTS) is 1. The molecule has 0 saturated heterocycles. The van der Waals surface area contributed by atoms with Crippen molar-refractivity contribution in [1.82, 2.24) is 0 Å². The Labute approximate surface area is 134 Å². The fourth-order valence-corrected chi connectivity index (χ4v) is 2.97. The van der Waals surface area contributed by atoms with Gasteiger partial charge in [-0.25, -0.2) is 0 Å². The van der Waals surface area contributed by atoms with Crippen molar-refractivity contribution >= 4 is 50.9 Å². The summed E-state index contributed by atoms with van der Waals surface area (Å²) < 4.78 is 1.01. The molecule has 4 nitrogen and oxygen atoms in total. The summed E-state index contributed by atoms with van der Waals surface area (Å²) in [6.07, 6.45) is 3.17. The van der Waals surface area contributed by atoms with E-state index in [0.29, 0.717) is 11.3 Å². The van der Waals surface area contributed by atoms with Gasteiger partial charge in [0.25, 0.3) is 0 Å². The standard InChI is InChI=1S/C15H12BrNO3S/c16-13-7-5-12(21-13)6-8-14(18)17-11-3-1-10(2-4-11)9-15(19)20/h1-8H,9H2,(H,17,18)(H,19,20)/b8-6+. The molecule has 1 heterocycles. The van der Waals surface area contributed by atoms with E-state index in [1.807, 2.05) is 12.1 Å². The summed E-state index contributed by atoms with van der Waals surface area (Å²) in [5.74, 6) is -1.11. The van der Waals surface area contributed by atoms with Gasteiger partial charge in [-0.15, -0.1) is 11.3 Å². The fraction of sp³-hybridized carbons (Fsp3) is 0.0667. The third-order valence-electron chi connectivity index (χ3n) is 2.57. The summed E-state index contributed by atoms with van der Waals surface area (Å²) in [4.78, 5) is 23.3. The number of carboxylic acids is 1. The van der Waals surface area contributed by atoms with Gasteiger partial charge < -0.3 is 10.4 Å². The number of amides is 1. The first kappa shape index (κ1) is 15.5. The van der Waals surface area contributed by atoms with E-state index >= 15 is 0 Å². The number of thiophene rings is 1. The van der Waals surface area contributed by atoms with Gasteiger partial charge in [0.15, 0.2) is 0 Å². The maximum absolute atomic E-state index is 11.8. The molecule has 2 aromatic rings. The highest BCUT2D eigenvalue weighted by atomic mass is 79.9. The van der Waals surface area contributed by atoms with Crippen LogP contribution in [-0.2, 0) is 16.0 Å². The predicted molar refractivity (Wildman–Crippen MR) is 87.5 cm³/mol. The first-order valence-electron chi connectivity index (χ1n) is 6.08. The van der Waals surface area contributed by atoms with E-state index in [0.717, 1.165) is 8.66 Å². The Morgan fingerprint density at radius 1 is 1.19 bits per heavy atom. The first-order valence-corrected chi connectivity index (χ1v) is 7.69. The van der Waals surface area contributed by atoms with Crippen molar-refractivity contribution in [3.8, 4) is 0 Å². The summed E-state index contributed by atoms with van der Waals surface area (Å²) in [5.41, 5.74) is 1.32. The molecule has 21 heavy (non-hydrogen) atoms. The summed E-state index contributed by atoms with van der Waals surface area (Å²) in [6, 6.07) is 10.6. The summed E-state index contributed by atoms with van der Waals surface area (Å²) in [7, 11) is 0. The lowest BCUT2D eigenvalue weighted by Crippen LogP contribution is -2.07. The van der Waals surface area contributed by atoms with Gasteiger partial charge in [-0.3, -0.25) is 9.59 Å². The van der Waals surface area contributed by atoms with Crippen molar-refractivity contribution in [2.45, 2.75) is 6.42 Å². The highest BCUT2D eigenvalue weighted by molar-refractivity contribution is 9.11. The molecule has 2 N–H and O–H groups in total. The molecule has 1 amide bonds. The van der Waals surface area contributed by atoms with Gasteiger partial charge >= 0.3 is 5.97 Å². The molecular formula is C15H12BrNO3S. The number of halogens is 1. The zero-order chi connectivity index (χ0) is 15.2. The Hall–Kier alpha value is -1.92. The van der Waals surface area contributed by atoms with Crippen molar-refractivity contribution in [2.75, 3.05) is 5.32 Å². The van der Waals surface area contributed by atoms with Gasteiger partial charge in [0.1, 0.15) is 0 Å². The minimum Gasteiger partial charge on any atom is -0.481 e. The number of benzene rings is 1. The molecule has 1 aromatic carbocycles. The van der Waals surface area contributed by atoms with Crippen LogP contribution in [0, 0.1) is 0 Å². The second-order valence-corrected chi connectivity index (χ2v) is 6.73. The number of aliphatic carboxylic acids is 1. The van der Waals surface area contributed by atoms with E-state index < -0.39 is 5.97 Å². The molecule has 0 bridgehead atoms. The average Bonchev–Trinajstić information content (AvgIpc) is 2.84. The van der Waals surface area contributed by atoms with Crippen LogP contribution in [0.3, 0.4) is 0 Å². The highest BCUT2D eigenvalue weighted by Crippen LogP contribution is 2.23. The van der Waals surface area contributed by atoms with Crippen molar-refractivity contribution in [2.24, 2.45) is 0 Å². The monoisotopic (exact) mass is 365 g/mol. The van der Waals surface area contributed by atoms with Crippen molar-refractivity contribution in [1.29, 1.82) is 0 Å².